The van der Waals surface area contributed by atoms with Gasteiger partial charge in [0.15, 0.2) is 0 Å². The largest absolute Gasteiger partial charge is 0.478 e. The highest BCUT2D eigenvalue weighted by Gasteiger charge is 1.96. The Morgan fingerprint density at radius 1 is 1.75 bits per heavy atom. The first kappa shape index (κ1) is 10.7. The Hall–Kier alpha value is -1.27. The molecule has 0 amide bonds. The number of carboxylic acids is 1. The van der Waals surface area contributed by atoms with Crippen molar-refractivity contribution in [3.63, 3.8) is 0 Å². The molecule has 3 heteroatoms. The molecule has 2 N–H and O–H groups in total. The van der Waals surface area contributed by atoms with Crippen molar-refractivity contribution in [2.45, 2.75) is 13.3 Å². The van der Waals surface area contributed by atoms with E-state index in [4.69, 9.17) is 11.5 Å². The standard InChI is InChI=1S/C9H13NO2/c1-3-4-6-10-7-5-8(2)9(11)12/h1,5,10H,4,6-7H2,2H3,(H,11,12). The predicted octanol–water partition coefficient (Wildman–Crippen LogP) is 0.630. The minimum atomic E-state index is -0.881. The van der Waals surface area contributed by atoms with Crippen LogP contribution < -0.4 is 5.32 Å². The zero-order valence-electron chi connectivity index (χ0n) is 7.13. The molecule has 0 aliphatic heterocycles. The average molecular weight is 167 g/mol. The summed E-state index contributed by atoms with van der Waals surface area (Å²) in [5.41, 5.74) is 0.350. The summed E-state index contributed by atoms with van der Waals surface area (Å²) in [4.78, 5) is 10.3. The summed E-state index contributed by atoms with van der Waals surface area (Å²) < 4.78 is 0. The molecule has 0 bridgehead atoms. The van der Waals surface area contributed by atoms with E-state index in [0.29, 0.717) is 18.5 Å². The van der Waals surface area contributed by atoms with E-state index >= 15 is 0 Å². The van der Waals surface area contributed by atoms with Gasteiger partial charge in [0.05, 0.1) is 0 Å². The van der Waals surface area contributed by atoms with Crippen molar-refractivity contribution in [3.8, 4) is 12.3 Å². The molecule has 0 aliphatic rings. The van der Waals surface area contributed by atoms with Gasteiger partial charge in [-0.25, -0.2) is 4.79 Å². The third kappa shape index (κ3) is 5.51. The Morgan fingerprint density at radius 3 is 2.92 bits per heavy atom. The molecule has 0 spiro atoms. The van der Waals surface area contributed by atoms with E-state index in [9.17, 15) is 4.79 Å². The minimum Gasteiger partial charge on any atom is -0.478 e. The van der Waals surface area contributed by atoms with Crippen LogP contribution in [-0.4, -0.2) is 24.2 Å². The maximum atomic E-state index is 10.3. The van der Waals surface area contributed by atoms with Crippen LogP contribution in [0.2, 0.25) is 0 Å². The summed E-state index contributed by atoms with van der Waals surface area (Å²) in [5.74, 6) is 1.60. The van der Waals surface area contributed by atoms with Crippen LogP contribution in [0.1, 0.15) is 13.3 Å². The first-order chi connectivity index (χ1) is 5.68. The van der Waals surface area contributed by atoms with Gasteiger partial charge >= 0.3 is 5.97 Å². The van der Waals surface area contributed by atoms with E-state index < -0.39 is 5.97 Å². The maximum absolute atomic E-state index is 10.3. The highest BCUT2D eigenvalue weighted by molar-refractivity contribution is 5.85. The van der Waals surface area contributed by atoms with E-state index in [2.05, 4.69) is 11.2 Å². The summed E-state index contributed by atoms with van der Waals surface area (Å²) >= 11 is 0. The highest BCUT2D eigenvalue weighted by Crippen LogP contribution is 1.89. The lowest BCUT2D eigenvalue weighted by atomic mass is 10.3. The number of hydrogen-bond donors (Lipinski definition) is 2. The van der Waals surface area contributed by atoms with Gasteiger partial charge in [-0.05, 0) is 6.92 Å². The molecular weight excluding hydrogens is 154 g/mol. The zero-order chi connectivity index (χ0) is 9.40. The van der Waals surface area contributed by atoms with Gasteiger partial charge in [0.2, 0.25) is 0 Å². The van der Waals surface area contributed by atoms with Crippen LogP contribution in [0.5, 0.6) is 0 Å². The number of aliphatic carboxylic acids is 1. The molecule has 0 aromatic carbocycles. The fourth-order valence-corrected chi connectivity index (χ4v) is 0.575. The van der Waals surface area contributed by atoms with Crippen molar-refractivity contribution in [1.82, 2.24) is 5.32 Å². The molecular formula is C9H13NO2. The molecule has 3 nitrogen and oxygen atoms in total. The van der Waals surface area contributed by atoms with Gasteiger partial charge in [-0.2, -0.15) is 0 Å². The minimum absolute atomic E-state index is 0.350. The molecule has 0 rings (SSSR count). The van der Waals surface area contributed by atoms with Crippen LogP contribution in [0.15, 0.2) is 11.6 Å². The normalized spacial score (nSPS) is 10.8. The van der Waals surface area contributed by atoms with Gasteiger partial charge in [-0.15, -0.1) is 12.3 Å². The smallest absolute Gasteiger partial charge is 0.330 e. The van der Waals surface area contributed by atoms with Crippen molar-refractivity contribution < 1.29 is 9.90 Å². The molecule has 66 valence electrons. The lowest BCUT2D eigenvalue weighted by Crippen LogP contribution is -2.15. The second kappa shape index (κ2) is 6.44. The molecule has 0 aliphatic carbocycles. The number of carbonyl (C=O) groups is 1. The molecule has 0 radical (unpaired) electrons. The number of carboxylic acid groups (broad SMARTS) is 1. The quantitative estimate of drug-likeness (QED) is 0.359. The summed E-state index contributed by atoms with van der Waals surface area (Å²) in [7, 11) is 0. The fraction of sp³-hybridized carbons (Fsp3) is 0.444. The number of nitrogens with one attached hydrogen (secondary N) is 1. The lowest BCUT2D eigenvalue weighted by molar-refractivity contribution is -0.132. The Kier molecular flexibility index (Phi) is 5.76. The molecule has 0 fully saturated rings. The summed E-state index contributed by atoms with van der Waals surface area (Å²) in [5, 5.41) is 11.4. The zero-order valence-corrected chi connectivity index (χ0v) is 7.13. The molecule has 0 unspecified atom stereocenters. The first-order valence-corrected chi connectivity index (χ1v) is 3.72. The van der Waals surface area contributed by atoms with Crippen LogP contribution in [0.3, 0.4) is 0 Å². The van der Waals surface area contributed by atoms with Gasteiger partial charge in [0, 0.05) is 25.1 Å². The third-order valence-corrected chi connectivity index (χ3v) is 1.34. The highest BCUT2D eigenvalue weighted by atomic mass is 16.4. The van der Waals surface area contributed by atoms with Crippen LogP contribution >= 0.6 is 0 Å². The topological polar surface area (TPSA) is 49.3 Å². The summed E-state index contributed by atoms with van der Waals surface area (Å²) in [6.07, 6.45) is 7.31. The van der Waals surface area contributed by atoms with Gasteiger partial charge in [0.25, 0.3) is 0 Å². The Bertz CT molecular complexity index is 213. The molecule has 0 heterocycles. The predicted molar refractivity (Wildman–Crippen MR) is 47.7 cm³/mol. The molecule has 0 saturated carbocycles. The van der Waals surface area contributed by atoms with Crippen molar-refractivity contribution in [2.24, 2.45) is 0 Å². The SMILES string of the molecule is C#CCCNCC=C(C)C(=O)O. The second-order valence-electron chi connectivity index (χ2n) is 2.35. The summed E-state index contributed by atoms with van der Waals surface area (Å²) in [6.45, 7) is 2.84. The average Bonchev–Trinajstić information content (AvgIpc) is 2.03. The molecule has 12 heavy (non-hydrogen) atoms. The third-order valence-electron chi connectivity index (χ3n) is 1.34. The van der Waals surface area contributed by atoms with E-state index in [1.165, 1.54) is 0 Å². The second-order valence-corrected chi connectivity index (χ2v) is 2.35. The van der Waals surface area contributed by atoms with Crippen LogP contribution in [-0.2, 0) is 4.79 Å². The Morgan fingerprint density at radius 2 is 2.42 bits per heavy atom. The van der Waals surface area contributed by atoms with Gasteiger partial charge in [-0.1, -0.05) is 6.08 Å². The van der Waals surface area contributed by atoms with Crippen molar-refractivity contribution in [2.75, 3.05) is 13.1 Å². The summed E-state index contributed by atoms with van der Waals surface area (Å²) in [6, 6.07) is 0. The van der Waals surface area contributed by atoms with Crippen molar-refractivity contribution >= 4 is 5.97 Å². The monoisotopic (exact) mass is 167 g/mol. The number of rotatable bonds is 5. The van der Waals surface area contributed by atoms with Crippen LogP contribution in [0.4, 0.5) is 0 Å². The van der Waals surface area contributed by atoms with Crippen LogP contribution in [0, 0.1) is 12.3 Å². The molecule has 0 aromatic rings. The van der Waals surface area contributed by atoms with E-state index in [-0.39, 0.29) is 0 Å². The van der Waals surface area contributed by atoms with E-state index in [1.54, 1.807) is 13.0 Å². The fourth-order valence-electron chi connectivity index (χ4n) is 0.575. The van der Waals surface area contributed by atoms with E-state index in [0.717, 1.165) is 6.54 Å². The molecule has 0 aromatic heterocycles. The molecule has 0 atom stereocenters. The number of hydrogen-bond acceptors (Lipinski definition) is 2. The van der Waals surface area contributed by atoms with E-state index in [1.807, 2.05) is 0 Å². The maximum Gasteiger partial charge on any atom is 0.330 e. The van der Waals surface area contributed by atoms with Crippen molar-refractivity contribution in [1.29, 1.82) is 0 Å². The lowest BCUT2D eigenvalue weighted by Gasteiger charge is -1.97. The Balaban J connectivity index is 3.48. The Labute approximate surface area is 72.5 Å². The van der Waals surface area contributed by atoms with Gasteiger partial charge < -0.3 is 10.4 Å². The van der Waals surface area contributed by atoms with Gasteiger partial charge in [0.1, 0.15) is 0 Å². The molecule has 0 saturated heterocycles. The first-order valence-electron chi connectivity index (χ1n) is 3.72. The van der Waals surface area contributed by atoms with Crippen LogP contribution in [0.25, 0.3) is 0 Å². The van der Waals surface area contributed by atoms with Gasteiger partial charge in [-0.3, -0.25) is 0 Å². The van der Waals surface area contributed by atoms with Crippen molar-refractivity contribution in [3.05, 3.63) is 11.6 Å². The number of terminal acetylenes is 1.